The monoisotopic (exact) mass is 426 g/mol. The van der Waals surface area contributed by atoms with Crippen LogP contribution in [0.25, 0.3) is 0 Å². The van der Waals surface area contributed by atoms with E-state index in [4.69, 9.17) is 0 Å². The molecule has 0 aliphatic heterocycles. The predicted molar refractivity (Wildman–Crippen MR) is 134 cm³/mol. The highest BCUT2D eigenvalue weighted by Gasteiger charge is 2.36. The molecule has 1 aliphatic rings. The molecule has 1 unspecified atom stereocenters. The summed E-state index contributed by atoms with van der Waals surface area (Å²) in [6, 6.07) is 4.41. The fourth-order valence-electron chi connectivity index (χ4n) is 4.74. The zero-order valence-electron chi connectivity index (χ0n) is 22.1. The van der Waals surface area contributed by atoms with Crippen molar-refractivity contribution in [2.24, 2.45) is 16.7 Å². The van der Waals surface area contributed by atoms with E-state index in [1.807, 2.05) is 6.08 Å². The van der Waals surface area contributed by atoms with Gasteiger partial charge in [0.25, 0.3) is 0 Å². The molecule has 2 heteroatoms. The number of allylic oxidation sites excluding steroid dienone is 4. The molecule has 0 saturated carbocycles. The predicted octanol–water partition coefficient (Wildman–Crippen LogP) is 8.38. The molecular formula is C29H46O2. The van der Waals surface area contributed by atoms with Crippen LogP contribution in [0.3, 0.4) is 0 Å². The molecule has 0 bridgehead atoms. The van der Waals surface area contributed by atoms with Gasteiger partial charge in [0.2, 0.25) is 0 Å². The first-order valence-electron chi connectivity index (χ1n) is 11.7. The number of hydrogen-bond acceptors (Lipinski definition) is 2. The number of rotatable bonds is 2. The van der Waals surface area contributed by atoms with Crippen molar-refractivity contribution in [2.45, 2.75) is 107 Å². The van der Waals surface area contributed by atoms with Crippen molar-refractivity contribution in [3.05, 3.63) is 51.8 Å². The molecule has 0 heterocycles. The van der Waals surface area contributed by atoms with E-state index < -0.39 is 0 Å². The Labute approximate surface area is 191 Å². The minimum Gasteiger partial charge on any atom is -0.512 e. The molecule has 1 aromatic carbocycles. The summed E-state index contributed by atoms with van der Waals surface area (Å²) < 4.78 is 0. The van der Waals surface area contributed by atoms with Gasteiger partial charge in [-0.3, -0.25) is 0 Å². The van der Waals surface area contributed by atoms with Crippen molar-refractivity contribution in [1.29, 1.82) is 0 Å². The van der Waals surface area contributed by atoms with Crippen molar-refractivity contribution in [3.8, 4) is 5.75 Å². The highest BCUT2D eigenvalue weighted by molar-refractivity contribution is 5.51. The number of hydrogen-bond donors (Lipinski definition) is 2. The number of benzene rings is 1. The third-order valence-electron chi connectivity index (χ3n) is 6.52. The number of aromatic hydroxyl groups is 1. The summed E-state index contributed by atoms with van der Waals surface area (Å²) in [7, 11) is 0. The lowest BCUT2D eigenvalue weighted by Crippen LogP contribution is -2.30. The maximum absolute atomic E-state index is 11.1. The van der Waals surface area contributed by atoms with Crippen LogP contribution in [0.5, 0.6) is 5.75 Å². The van der Waals surface area contributed by atoms with E-state index in [1.54, 1.807) is 0 Å². The van der Waals surface area contributed by atoms with Gasteiger partial charge in [0, 0.05) is 6.42 Å². The maximum atomic E-state index is 11.1. The summed E-state index contributed by atoms with van der Waals surface area (Å²) in [5, 5.41) is 21.7. The Balaban J connectivity index is 2.78. The fourth-order valence-corrected chi connectivity index (χ4v) is 4.74. The van der Waals surface area contributed by atoms with Crippen molar-refractivity contribution >= 4 is 0 Å². The normalized spacial score (nSPS) is 19.0. The van der Waals surface area contributed by atoms with Crippen molar-refractivity contribution in [2.75, 3.05) is 0 Å². The van der Waals surface area contributed by atoms with E-state index in [-0.39, 0.29) is 27.6 Å². The average molecular weight is 427 g/mol. The van der Waals surface area contributed by atoms with Crippen LogP contribution in [0.1, 0.15) is 106 Å². The molecule has 2 N–H and O–H groups in total. The molecular weight excluding hydrogens is 380 g/mol. The van der Waals surface area contributed by atoms with E-state index in [9.17, 15) is 10.2 Å². The molecule has 1 aromatic rings. The smallest absolute Gasteiger partial charge is 0.123 e. The van der Waals surface area contributed by atoms with Gasteiger partial charge in [-0.15, -0.1) is 0 Å². The topological polar surface area (TPSA) is 40.5 Å². The Bertz CT molecular complexity index is 850. The maximum Gasteiger partial charge on any atom is 0.123 e. The Morgan fingerprint density at radius 1 is 0.742 bits per heavy atom. The Morgan fingerprint density at radius 3 is 1.55 bits per heavy atom. The van der Waals surface area contributed by atoms with Gasteiger partial charge < -0.3 is 10.2 Å². The molecule has 0 fully saturated rings. The van der Waals surface area contributed by atoms with E-state index >= 15 is 0 Å². The van der Waals surface area contributed by atoms with E-state index in [2.05, 4.69) is 95.2 Å². The van der Waals surface area contributed by atoms with Gasteiger partial charge in [0.1, 0.15) is 5.75 Å². The Morgan fingerprint density at radius 2 is 1.19 bits per heavy atom. The fraction of sp³-hybridized carbons (Fsp3) is 0.655. The highest BCUT2D eigenvalue weighted by atomic mass is 16.3. The van der Waals surface area contributed by atoms with Crippen LogP contribution in [0.15, 0.2) is 35.1 Å². The Kier molecular flexibility index (Phi) is 6.61. The van der Waals surface area contributed by atoms with Crippen LogP contribution in [-0.2, 0) is 17.3 Å². The van der Waals surface area contributed by atoms with Crippen LogP contribution in [0.2, 0.25) is 0 Å². The van der Waals surface area contributed by atoms with Crippen LogP contribution in [0.4, 0.5) is 0 Å². The van der Waals surface area contributed by atoms with Gasteiger partial charge in [-0.25, -0.2) is 0 Å². The molecule has 1 atom stereocenters. The van der Waals surface area contributed by atoms with Crippen LogP contribution in [0, 0.1) is 16.7 Å². The summed E-state index contributed by atoms with van der Waals surface area (Å²) in [5.74, 6) is 1.20. The zero-order valence-corrected chi connectivity index (χ0v) is 22.1. The third kappa shape index (κ3) is 5.76. The van der Waals surface area contributed by atoms with Crippen LogP contribution >= 0.6 is 0 Å². The van der Waals surface area contributed by atoms with Gasteiger partial charge >= 0.3 is 0 Å². The molecule has 0 radical (unpaired) electrons. The van der Waals surface area contributed by atoms with E-state index in [0.717, 1.165) is 17.5 Å². The van der Waals surface area contributed by atoms with Crippen molar-refractivity contribution in [3.63, 3.8) is 0 Å². The average Bonchev–Trinajstić information content (AvgIpc) is 2.53. The molecule has 0 amide bonds. The van der Waals surface area contributed by atoms with Crippen molar-refractivity contribution < 1.29 is 10.2 Å². The summed E-state index contributed by atoms with van der Waals surface area (Å²) in [4.78, 5) is 0. The van der Waals surface area contributed by atoms with Gasteiger partial charge in [0.15, 0.2) is 0 Å². The van der Waals surface area contributed by atoms with Gasteiger partial charge in [-0.1, -0.05) is 101 Å². The standard InChI is InChI=1S/C29H46O2/c1-26(2,3)21-16-19(30)17-22(27(4,5)6)20(21)13-18-14-23(28(7,8)9)25(31)24(15-18)29(10,11)12/h14-16,22,30-31H,13,17H2,1-12H3. The summed E-state index contributed by atoms with van der Waals surface area (Å²) in [6.07, 6.45) is 3.53. The quantitative estimate of drug-likeness (QED) is 0.498. The molecule has 2 nitrogen and oxygen atoms in total. The number of aliphatic hydroxyl groups is 1. The molecule has 174 valence electrons. The Hall–Kier alpha value is -1.70. The van der Waals surface area contributed by atoms with E-state index in [1.165, 1.54) is 16.7 Å². The lowest BCUT2D eigenvalue weighted by molar-refractivity contribution is 0.231. The van der Waals surface area contributed by atoms with Gasteiger partial charge in [-0.05, 0) is 62.3 Å². The summed E-state index contributed by atoms with van der Waals surface area (Å²) >= 11 is 0. The molecule has 31 heavy (non-hydrogen) atoms. The van der Waals surface area contributed by atoms with Crippen molar-refractivity contribution in [1.82, 2.24) is 0 Å². The molecule has 1 aliphatic carbocycles. The van der Waals surface area contributed by atoms with Gasteiger partial charge in [-0.2, -0.15) is 0 Å². The second-order valence-electron chi connectivity index (χ2n) is 13.7. The largest absolute Gasteiger partial charge is 0.512 e. The van der Waals surface area contributed by atoms with Crippen LogP contribution < -0.4 is 0 Å². The molecule has 0 aromatic heterocycles. The summed E-state index contributed by atoms with van der Waals surface area (Å²) in [5.41, 5.74) is 5.64. The first-order chi connectivity index (χ1) is 13.7. The minimum atomic E-state index is -0.143. The molecule has 0 saturated heterocycles. The molecule has 0 spiro atoms. The lowest BCUT2D eigenvalue weighted by Gasteiger charge is -2.40. The first-order valence-corrected chi connectivity index (χ1v) is 11.7. The van der Waals surface area contributed by atoms with Gasteiger partial charge in [0.05, 0.1) is 5.76 Å². The number of phenolic OH excluding ortho intramolecular Hbond substituents is 1. The highest BCUT2D eigenvalue weighted by Crippen LogP contribution is 2.47. The number of phenols is 1. The zero-order chi connectivity index (χ0) is 24.2. The SMILES string of the molecule is CC(C)(C)C1=C(Cc2cc(C(C)(C)C)c(O)c(C(C)(C)C)c2)C(C(C)(C)C)CC(O)=C1. The second-order valence-corrected chi connectivity index (χ2v) is 13.7. The lowest BCUT2D eigenvalue weighted by atomic mass is 9.65. The number of aliphatic hydroxyl groups excluding tert-OH is 1. The second kappa shape index (κ2) is 8.01. The van der Waals surface area contributed by atoms with Crippen LogP contribution in [-0.4, -0.2) is 10.2 Å². The van der Waals surface area contributed by atoms with E-state index in [0.29, 0.717) is 17.9 Å². The summed E-state index contributed by atoms with van der Waals surface area (Å²) in [6.45, 7) is 26.5. The molecule has 2 rings (SSSR count). The third-order valence-corrected chi connectivity index (χ3v) is 6.52. The first kappa shape index (κ1) is 25.6. The minimum absolute atomic E-state index is 0.0463.